The minimum Gasteiger partial charge on any atom is -0.491 e. The van der Waals surface area contributed by atoms with Gasteiger partial charge in [0.25, 0.3) is 0 Å². The van der Waals surface area contributed by atoms with Crippen LogP contribution < -0.4 is 0 Å². The van der Waals surface area contributed by atoms with E-state index in [-0.39, 0.29) is 12.4 Å². The van der Waals surface area contributed by atoms with Crippen molar-refractivity contribution in [1.29, 1.82) is 0 Å². The highest BCUT2D eigenvalue weighted by Gasteiger charge is 2.21. The topological polar surface area (TPSA) is 73.6 Å². The van der Waals surface area contributed by atoms with Gasteiger partial charge in [-0.15, -0.1) is 0 Å². The first-order valence-corrected chi connectivity index (χ1v) is 11.1. The molecule has 0 spiro atoms. The van der Waals surface area contributed by atoms with Gasteiger partial charge in [-0.25, -0.2) is 9.78 Å². The van der Waals surface area contributed by atoms with E-state index in [9.17, 15) is 9.90 Å². The summed E-state index contributed by atoms with van der Waals surface area (Å²) >= 11 is 0. The highest BCUT2D eigenvalue weighted by molar-refractivity contribution is 6.76. The van der Waals surface area contributed by atoms with Gasteiger partial charge in [-0.2, -0.15) is 0 Å². The van der Waals surface area contributed by atoms with E-state index in [1.165, 1.54) is 0 Å². The van der Waals surface area contributed by atoms with Gasteiger partial charge in [-0.1, -0.05) is 26.2 Å². The van der Waals surface area contributed by atoms with E-state index in [4.69, 9.17) is 9.47 Å². The van der Waals surface area contributed by atoms with Crippen molar-refractivity contribution in [1.82, 2.24) is 9.55 Å². The molecule has 0 radical (unpaired) electrons. The Kier molecular flexibility index (Phi) is 6.37. The first kappa shape index (κ1) is 18.4. The van der Waals surface area contributed by atoms with Gasteiger partial charge in [0.05, 0.1) is 12.3 Å². The summed E-state index contributed by atoms with van der Waals surface area (Å²) in [5, 5.41) is 9.21. The molecular formula is C15H26N2O4Si. The summed E-state index contributed by atoms with van der Waals surface area (Å²) in [6.45, 7) is 15.5. The van der Waals surface area contributed by atoms with Crippen LogP contribution in [0.25, 0.3) is 5.76 Å². The number of nitrogens with zero attached hydrogens (tertiary/aromatic N) is 2. The quantitative estimate of drug-likeness (QED) is 0.428. The molecule has 0 aliphatic rings. The lowest BCUT2D eigenvalue weighted by Crippen LogP contribution is -2.22. The first-order valence-electron chi connectivity index (χ1n) is 7.37. The van der Waals surface area contributed by atoms with E-state index in [1.54, 1.807) is 11.5 Å². The summed E-state index contributed by atoms with van der Waals surface area (Å²) in [7, 11) is -1.16. The van der Waals surface area contributed by atoms with Crippen LogP contribution in [0.5, 0.6) is 0 Å². The predicted molar refractivity (Wildman–Crippen MR) is 88.7 cm³/mol. The SMILES string of the molecule is C=C(OCC)c1nc(C(=O)O)c(C)n1COCC[Si](C)(C)C. The van der Waals surface area contributed by atoms with Crippen LogP contribution in [0.1, 0.15) is 28.9 Å². The molecule has 0 fully saturated rings. The minimum absolute atomic E-state index is 0.00431. The molecule has 0 saturated heterocycles. The van der Waals surface area contributed by atoms with Crippen molar-refractivity contribution >= 4 is 19.8 Å². The summed E-state index contributed by atoms with van der Waals surface area (Å²) in [5.41, 5.74) is 0.543. The molecular weight excluding hydrogens is 300 g/mol. The zero-order valence-corrected chi connectivity index (χ0v) is 15.1. The number of aromatic nitrogens is 2. The molecule has 6 nitrogen and oxygen atoms in total. The normalized spacial score (nSPS) is 11.5. The summed E-state index contributed by atoms with van der Waals surface area (Å²) in [5.74, 6) is -0.305. The van der Waals surface area contributed by atoms with Crippen molar-refractivity contribution in [2.75, 3.05) is 13.2 Å². The Morgan fingerprint density at radius 3 is 2.55 bits per heavy atom. The molecule has 1 aromatic rings. The van der Waals surface area contributed by atoms with Crippen LogP contribution in [0.15, 0.2) is 6.58 Å². The zero-order valence-electron chi connectivity index (χ0n) is 14.1. The van der Waals surface area contributed by atoms with Crippen LogP contribution >= 0.6 is 0 Å². The summed E-state index contributed by atoms with van der Waals surface area (Å²) in [6.07, 6.45) is 0. The molecule has 0 aromatic carbocycles. The number of carbonyl (C=O) groups is 1. The van der Waals surface area contributed by atoms with Gasteiger partial charge in [0.1, 0.15) is 6.73 Å². The van der Waals surface area contributed by atoms with Gasteiger partial charge < -0.3 is 19.1 Å². The number of carboxylic acids is 1. The van der Waals surface area contributed by atoms with Crippen LogP contribution in [-0.2, 0) is 16.2 Å². The number of carboxylic acid groups (broad SMARTS) is 1. The third kappa shape index (κ3) is 4.99. The minimum atomic E-state index is -1.16. The van der Waals surface area contributed by atoms with E-state index >= 15 is 0 Å². The zero-order chi connectivity index (χ0) is 16.9. The monoisotopic (exact) mass is 326 g/mol. The van der Waals surface area contributed by atoms with Crippen LogP contribution in [0.3, 0.4) is 0 Å². The molecule has 0 aliphatic carbocycles. The number of imidazole rings is 1. The molecule has 0 amide bonds. The fourth-order valence-electron chi connectivity index (χ4n) is 1.88. The molecule has 1 rings (SSSR count). The van der Waals surface area contributed by atoms with Crippen LogP contribution in [-0.4, -0.2) is 41.9 Å². The highest BCUT2D eigenvalue weighted by Crippen LogP contribution is 2.19. The number of ether oxygens (including phenoxy) is 2. The number of hydrogen-bond donors (Lipinski definition) is 1. The molecule has 1 N–H and O–H groups in total. The van der Waals surface area contributed by atoms with Gasteiger partial charge in [0, 0.05) is 14.7 Å². The molecule has 0 bridgehead atoms. The first-order chi connectivity index (χ1) is 10.2. The molecule has 1 aromatic heterocycles. The molecule has 7 heteroatoms. The van der Waals surface area contributed by atoms with Gasteiger partial charge >= 0.3 is 5.97 Å². The van der Waals surface area contributed by atoms with Crippen molar-refractivity contribution in [3.63, 3.8) is 0 Å². The van der Waals surface area contributed by atoms with Crippen molar-refractivity contribution in [3.8, 4) is 0 Å². The largest absolute Gasteiger partial charge is 0.491 e. The smallest absolute Gasteiger partial charge is 0.356 e. The third-order valence-electron chi connectivity index (χ3n) is 3.21. The highest BCUT2D eigenvalue weighted by atomic mass is 28.3. The molecule has 1 heterocycles. The van der Waals surface area contributed by atoms with Crippen molar-refractivity contribution < 1.29 is 19.4 Å². The van der Waals surface area contributed by atoms with Crippen LogP contribution in [0.2, 0.25) is 25.7 Å². The maximum absolute atomic E-state index is 11.2. The molecule has 0 saturated carbocycles. The Morgan fingerprint density at radius 2 is 2.05 bits per heavy atom. The lowest BCUT2D eigenvalue weighted by molar-refractivity contribution is 0.0687. The maximum Gasteiger partial charge on any atom is 0.356 e. The van der Waals surface area contributed by atoms with E-state index in [2.05, 4.69) is 31.2 Å². The second-order valence-electron chi connectivity index (χ2n) is 6.31. The van der Waals surface area contributed by atoms with Crippen molar-refractivity contribution in [3.05, 3.63) is 23.8 Å². The Bertz CT molecular complexity index is 546. The van der Waals surface area contributed by atoms with E-state index in [1.807, 2.05) is 6.92 Å². The number of rotatable bonds is 9. The van der Waals surface area contributed by atoms with Crippen molar-refractivity contribution in [2.24, 2.45) is 0 Å². The van der Waals surface area contributed by atoms with Crippen LogP contribution in [0, 0.1) is 6.92 Å². The second-order valence-corrected chi connectivity index (χ2v) is 11.9. The summed E-state index contributed by atoms with van der Waals surface area (Å²) in [4.78, 5) is 15.4. The second kappa shape index (κ2) is 7.60. The standard InChI is InChI=1S/C15H26N2O4Si/c1-7-21-12(3)14-16-13(15(18)19)11(2)17(14)10-20-8-9-22(4,5)6/h3,7-10H2,1-2,4-6H3,(H,18,19). The summed E-state index contributed by atoms with van der Waals surface area (Å²) < 4.78 is 12.8. The molecule has 22 heavy (non-hydrogen) atoms. The fourth-order valence-corrected chi connectivity index (χ4v) is 2.64. The average Bonchev–Trinajstić information content (AvgIpc) is 2.71. The van der Waals surface area contributed by atoms with Crippen LogP contribution in [0.4, 0.5) is 0 Å². The Hall–Kier alpha value is -1.60. The maximum atomic E-state index is 11.2. The van der Waals surface area contributed by atoms with Crippen molar-refractivity contribution in [2.45, 2.75) is 46.3 Å². The number of hydrogen-bond acceptors (Lipinski definition) is 4. The van der Waals surface area contributed by atoms with Gasteiger partial charge in [0.15, 0.2) is 17.3 Å². The summed E-state index contributed by atoms with van der Waals surface area (Å²) in [6, 6.07) is 1.05. The lowest BCUT2D eigenvalue weighted by Gasteiger charge is -2.17. The molecule has 124 valence electrons. The fraction of sp³-hybridized carbons (Fsp3) is 0.600. The van der Waals surface area contributed by atoms with Gasteiger partial charge in [-0.3, -0.25) is 0 Å². The Labute approximate surface area is 132 Å². The lowest BCUT2D eigenvalue weighted by atomic mass is 10.3. The average molecular weight is 326 g/mol. The van der Waals surface area contributed by atoms with E-state index < -0.39 is 14.0 Å². The Balaban J connectivity index is 2.90. The number of aromatic carboxylic acids is 1. The van der Waals surface area contributed by atoms with E-state index in [0.717, 1.165) is 6.04 Å². The molecule has 0 unspecified atom stereocenters. The van der Waals surface area contributed by atoms with Gasteiger partial charge in [-0.05, 0) is 19.9 Å². The van der Waals surface area contributed by atoms with E-state index in [0.29, 0.717) is 30.5 Å². The van der Waals surface area contributed by atoms with Gasteiger partial charge in [0.2, 0.25) is 0 Å². The third-order valence-corrected chi connectivity index (χ3v) is 4.91. The molecule has 0 atom stereocenters. The predicted octanol–water partition coefficient (Wildman–Crippen LogP) is 3.21. The Morgan fingerprint density at radius 1 is 1.41 bits per heavy atom. The molecule has 0 aliphatic heterocycles.